The van der Waals surface area contributed by atoms with Gasteiger partial charge in [-0.05, 0) is 63.9 Å². The Labute approximate surface area is 202 Å². The molecule has 7 heteroatoms. The number of nitrogens with zero attached hydrogens (tertiary/aromatic N) is 2. The van der Waals surface area contributed by atoms with Gasteiger partial charge in [-0.2, -0.15) is 0 Å². The van der Waals surface area contributed by atoms with Crippen LogP contribution in [0.3, 0.4) is 0 Å². The number of hydrogen-bond acceptors (Lipinski definition) is 5. The molecule has 4 rings (SSSR count). The summed E-state index contributed by atoms with van der Waals surface area (Å²) in [6.45, 7) is 6.73. The quantitative estimate of drug-likeness (QED) is 0.604. The zero-order chi connectivity index (χ0) is 24.3. The van der Waals surface area contributed by atoms with Crippen molar-refractivity contribution in [1.29, 1.82) is 0 Å². The van der Waals surface area contributed by atoms with Gasteiger partial charge in [-0.25, -0.2) is 9.59 Å². The predicted molar refractivity (Wildman–Crippen MR) is 128 cm³/mol. The van der Waals surface area contributed by atoms with Crippen molar-refractivity contribution in [2.75, 3.05) is 13.1 Å². The number of amides is 2. The van der Waals surface area contributed by atoms with Crippen LogP contribution < -0.4 is 0 Å². The molecule has 0 bridgehead atoms. The molecule has 0 radical (unpaired) electrons. The molecule has 3 fully saturated rings. The molecule has 1 aromatic carbocycles. The first kappa shape index (κ1) is 24.6. The summed E-state index contributed by atoms with van der Waals surface area (Å²) in [6.07, 6.45) is 6.06. The molecule has 3 aliphatic rings. The van der Waals surface area contributed by atoms with Crippen LogP contribution in [0.5, 0.6) is 0 Å². The van der Waals surface area contributed by atoms with E-state index >= 15 is 0 Å². The van der Waals surface area contributed by atoms with Gasteiger partial charge in [-0.3, -0.25) is 9.69 Å². The molecule has 2 aliphatic heterocycles. The average Bonchev–Trinajstić information content (AvgIpc) is 3.31. The lowest BCUT2D eigenvalue weighted by Gasteiger charge is -2.46. The summed E-state index contributed by atoms with van der Waals surface area (Å²) in [6, 6.07) is 8.40. The third kappa shape index (κ3) is 5.73. The van der Waals surface area contributed by atoms with Crippen LogP contribution in [0.4, 0.5) is 4.79 Å². The molecule has 7 nitrogen and oxygen atoms in total. The summed E-state index contributed by atoms with van der Waals surface area (Å²) >= 11 is 0. The summed E-state index contributed by atoms with van der Waals surface area (Å²) in [5.74, 6) is 0.336. The van der Waals surface area contributed by atoms with Crippen LogP contribution in [-0.4, -0.2) is 58.5 Å². The Bertz CT molecular complexity index is 881. The van der Waals surface area contributed by atoms with Gasteiger partial charge >= 0.3 is 12.1 Å². The standard InChI is InChI=1S/C27H38N2O5/c1-27(2,3)34-25(31)22-14-9-15-28(22)24(30)23-16-20-12-7-8-13-21(20)17-29(23)26(32)33-18-19-10-5-4-6-11-19/h4-6,10-11,20-23H,7-9,12-18H2,1-3H3/t20-,21+,22-,23+/m0/s1. The molecule has 2 saturated heterocycles. The number of benzene rings is 1. The molecule has 1 saturated carbocycles. The Morgan fingerprint density at radius 1 is 0.912 bits per heavy atom. The van der Waals surface area contributed by atoms with E-state index in [0.717, 1.165) is 24.8 Å². The minimum Gasteiger partial charge on any atom is -0.458 e. The zero-order valence-corrected chi connectivity index (χ0v) is 20.7. The van der Waals surface area contributed by atoms with Crippen molar-refractivity contribution in [3.63, 3.8) is 0 Å². The van der Waals surface area contributed by atoms with E-state index in [1.807, 2.05) is 51.1 Å². The Morgan fingerprint density at radius 3 is 2.32 bits per heavy atom. The molecule has 1 aromatic rings. The topological polar surface area (TPSA) is 76.2 Å². The molecule has 34 heavy (non-hydrogen) atoms. The van der Waals surface area contributed by atoms with Crippen LogP contribution in [0.2, 0.25) is 0 Å². The minimum atomic E-state index is -0.609. The van der Waals surface area contributed by atoms with Gasteiger partial charge in [0.15, 0.2) is 0 Å². The van der Waals surface area contributed by atoms with Gasteiger partial charge < -0.3 is 14.4 Å². The summed E-state index contributed by atoms with van der Waals surface area (Å²) in [7, 11) is 0. The van der Waals surface area contributed by atoms with Crippen LogP contribution in [0.1, 0.15) is 71.3 Å². The van der Waals surface area contributed by atoms with E-state index in [1.165, 1.54) is 12.8 Å². The number of esters is 1. The average molecular weight is 471 g/mol. The highest BCUT2D eigenvalue weighted by Gasteiger charge is 2.47. The Kier molecular flexibility index (Phi) is 7.48. The summed E-state index contributed by atoms with van der Waals surface area (Å²) in [4.78, 5) is 43.2. The van der Waals surface area contributed by atoms with Gasteiger partial charge in [0.2, 0.25) is 5.91 Å². The maximum atomic E-state index is 13.8. The van der Waals surface area contributed by atoms with E-state index in [2.05, 4.69) is 0 Å². The Balaban J connectivity index is 1.50. The summed E-state index contributed by atoms with van der Waals surface area (Å²) in [5.41, 5.74) is 0.303. The predicted octanol–water partition coefficient (Wildman–Crippen LogP) is 4.54. The van der Waals surface area contributed by atoms with E-state index < -0.39 is 23.8 Å². The maximum Gasteiger partial charge on any atom is 0.410 e. The second-order valence-electron chi connectivity index (χ2n) is 11.0. The van der Waals surface area contributed by atoms with Crippen LogP contribution >= 0.6 is 0 Å². The molecule has 1 aliphatic carbocycles. The fraction of sp³-hybridized carbons (Fsp3) is 0.667. The van der Waals surface area contributed by atoms with Crippen LogP contribution in [0.25, 0.3) is 0 Å². The number of piperidine rings is 1. The first-order chi connectivity index (χ1) is 16.2. The molecule has 0 N–H and O–H groups in total. The zero-order valence-electron chi connectivity index (χ0n) is 20.7. The molecule has 4 atom stereocenters. The van der Waals surface area contributed by atoms with E-state index in [1.54, 1.807) is 9.80 Å². The highest BCUT2D eigenvalue weighted by molar-refractivity contribution is 5.90. The summed E-state index contributed by atoms with van der Waals surface area (Å²) < 4.78 is 11.3. The lowest BCUT2D eigenvalue weighted by atomic mass is 9.73. The number of ether oxygens (including phenoxy) is 2. The number of hydrogen-bond donors (Lipinski definition) is 0. The number of fused-ring (bicyclic) bond motifs is 1. The van der Waals surface area contributed by atoms with Crippen molar-refractivity contribution in [3.8, 4) is 0 Å². The van der Waals surface area contributed by atoms with Gasteiger partial charge in [0.25, 0.3) is 0 Å². The largest absolute Gasteiger partial charge is 0.458 e. The fourth-order valence-electron chi connectivity index (χ4n) is 5.70. The highest BCUT2D eigenvalue weighted by atomic mass is 16.6. The Hall–Kier alpha value is -2.57. The Morgan fingerprint density at radius 2 is 1.62 bits per heavy atom. The van der Waals surface area contributed by atoms with Gasteiger partial charge in [0.05, 0.1) is 0 Å². The van der Waals surface area contributed by atoms with Gasteiger partial charge in [0.1, 0.15) is 24.3 Å². The van der Waals surface area contributed by atoms with Gasteiger partial charge in [-0.15, -0.1) is 0 Å². The molecule has 2 heterocycles. The number of rotatable bonds is 4. The van der Waals surface area contributed by atoms with Crippen molar-refractivity contribution in [1.82, 2.24) is 9.80 Å². The molecule has 2 amide bonds. The van der Waals surface area contributed by atoms with Gasteiger partial charge in [-0.1, -0.05) is 49.6 Å². The van der Waals surface area contributed by atoms with E-state index in [-0.39, 0.29) is 18.5 Å². The van der Waals surface area contributed by atoms with Crippen molar-refractivity contribution in [2.24, 2.45) is 11.8 Å². The van der Waals surface area contributed by atoms with Crippen molar-refractivity contribution in [2.45, 2.75) is 90.0 Å². The van der Waals surface area contributed by atoms with Crippen LogP contribution in [0.15, 0.2) is 30.3 Å². The van der Waals surface area contributed by atoms with E-state index in [0.29, 0.717) is 37.8 Å². The van der Waals surface area contributed by atoms with Crippen molar-refractivity contribution < 1.29 is 23.9 Å². The molecule has 0 aromatic heterocycles. The molecule has 0 spiro atoms. The number of carbonyl (C=O) groups excluding carboxylic acids is 3. The lowest BCUT2D eigenvalue weighted by molar-refractivity contribution is -0.164. The van der Waals surface area contributed by atoms with E-state index in [4.69, 9.17) is 9.47 Å². The highest BCUT2D eigenvalue weighted by Crippen LogP contribution is 2.40. The van der Waals surface area contributed by atoms with Crippen molar-refractivity contribution in [3.05, 3.63) is 35.9 Å². The van der Waals surface area contributed by atoms with Crippen LogP contribution in [0, 0.1) is 11.8 Å². The SMILES string of the molecule is CC(C)(C)OC(=O)[C@@H]1CCCN1C(=O)[C@H]1C[C@@H]2CCCC[C@@H]2CN1C(=O)OCc1ccccc1. The third-order valence-electron chi connectivity index (χ3n) is 7.34. The monoisotopic (exact) mass is 470 g/mol. The molecule has 186 valence electrons. The maximum absolute atomic E-state index is 13.8. The van der Waals surface area contributed by atoms with Crippen molar-refractivity contribution >= 4 is 18.0 Å². The molecular formula is C27H38N2O5. The first-order valence-electron chi connectivity index (χ1n) is 12.7. The number of likely N-dealkylation sites (tertiary alicyclic amines) is 2. The third-order valence-corrected chi connectivity index (χ3v) is 7.34. The summed E-state index contributed by atoms with van der Waals surface area (Å²) in [5, 5.41) is 0. The fourth-order valence-corrected chi connectivity index (χ4v) is 5.70. The first-order valence-corrected chi connectivity index (χ1v) is 12.7. The van der Waals surface area contributed by atoms with E-state index in [9.17, 15) is 14.4 Å². The molecular weight excluding hydrogens is 432 g/mol. The normalized spacial score (nSPS) is 27.1. The number of carbonyl (C=O) groups is 3. The van der Waals surface area contributed by atoms with Crippen LogP contribution in [-0.2, 0) is 25.7 Å². The van der Waals surface area contributed by atoms with Gasteiger partial charge in [0, 0.05) is 13.1 Å². The minimum absolute atomic E-state index is 0.144. The smallest absolute Gasteiger partial charge is 0.410 e. The second-order valence-corrected chi connectivity index (χ2v) is 11.0. The second kappa shape index (κ2) is 10.4. The lowest BCUT2D eigenvalue weighted by Crippen LogP contribution is -2.59. The molecule has 0 unspecified atom stereocenters.